The second-order valence-electron chi connectivity index (χ2n) is 5.01. The summed E-state index contributed by atoms with van der Waals surface area (Å²) in [5, 5.41) is 12.6. The van der Waals surface area contributed by atoms with Gasteiger partial charge in [0.25, 0.3) is 0 Å². The molecular formula is C12H15F3N2O4. The van der Waals surface area contributed by atoms with Crippen LogP contribution in [0, 0.1) is 5.92 Å². The van der Waals surface area contributed by atoms with Crippen LogP contribution in [-0.4, -0.2) is 40.6 Å². The summed E-state index contributed by atoms with van der Waals surface area (Å²) < 4.78 is 45.1. The van der Waals surface area contributed by atoms with Gasteiger partial charge in [-0.3, -0.25) is 4.79 Å². The summed E-state index contributed by atoms with van der Waals surface area (Å²) in [5.74, 6) is -0.711. The van der Waals surface area contributed by atoms with Crippen molar-refractivity contribution >= 4 is 5.97 Å². The third-order valence-corrected chi connectivity index (χ3v) is 3.35. The predicted octanol–water partition coefficient (Wildman–Crippen LogP) is 2.16. The zero-order chi connectivity index (χ0) is 15.5. The number of rotatable bonds is 6. The lowest BCUT2D eigenvalue weighted by Crippen LogP contribution is -2.18. The number of carboxylic acid groups (broad SMARTS) is 1. The number of nitrogens with zero attached hydrogens (tertiary/aromatic N) is 2. The van der Waals surface area contributed by atoms with Crippen molar-refractivity contribution in [1.82, 2.24) is 10.1 Å². The summed E-state index contributed by atoms with van der Waals surface area (Å²) in [6.07, 6.45) is -2.57. The number of alkyl halides is 3. The number of hydrogen-bond donors (Lipinski definition) is 1. The first kappa shape index (κ1) is 15.7. The quantitative estimate of drug-likeness (QED) is 0.811. The highest BCUT2D eigenvalue weighted by atomic mass is 19.4. The van der Waals surface area contributed by atoms with E-state index in [4.69, 9.17) is 9.63 Å². The molecule has 0 spiro atoms. The van der Waals surface area contributed by atoms with E-state index >= 15 is 0 Å². The first-order valence-electron chi connectivity index (χ1n) is 6.55. The van der Waals surface area contributed by atoms with Crippen LogP contribution in [-0.2, 0) is 16.0 Å². The van der Waals surface area contributed by atoms with E-state index in [0.29, 0.717) is 25.2 Å². The largest absolute Gasteiger partial charge is 0.481 e. The SMILES string of the molecule is O=C(O)C1CCC(c2nc(CCOCC(F)(F)F)no2)C1. The lowest BCUT2D eigenvalue weighted by atomic mass is 10.1. The summed E-state index contributed by atoms with van der Waals surface area (Å²) in [4.78, 5) is 15.0. The van der Waals surface area contributed by atoms with Crippen LogP contribution < -0.4 is 0 Å². The Morgan fingerprint density at radius 1 is 1.43 bits per heavy atom. The monoisotopic (exact) mass is 308 g/mol. The molecule has 2 unspecified atom stereocenters. The summed E-state index contributed by atoms with van der Waals surface area (Å²) >= 11 is 0. The Morgan fingerprint density at radius 3 is 2.81 bits per heavy atom. The highest BCUT2D eigenvalue weighted by Gasteiger charge is 2.33. The van der Waals surface area contributed by atoms with E-state index in [1.807, 2.05) is 0 Å². The molecule has 1 saturated carbocycles. The van der Waals surface area contributed by atoms with E-state index < -0.39 is 24.7 Å². The average molecular weight is 308 g/mol. The molecule has 0 bridgehead atoms. The van der Waals surface area contributed by atoms with Gasteiger partial charge in [-0.25, -0.2) is 0 Å². The smallest absolute Gasteiger partial charge is 0.411 e. The number of aromatic nitrogens is 2. The first-order valence-corrected chi connectivity index (χ1v) is 6.55. The Kier molecular flexibility index (Phi) is 4.81. The van der Waals surface area contributed by atoms with Crippen molar-refractivity contribution in [3.63, 3.8) is 0 Å². The van der Waals surface area contributed by atoms with E-state index in [1.165, 1.54) is 0 Å². The molecule has 2 atom stereocenters. The predicted molar refractivity (Wildman–Crippen MR) is 62.6 cm³/mol. The fraction of sp³-hybridized carbons (Fsp3) is 0.750. The Hall–Kier alpha value is -1.64. The molecule has 1 aromatic rings. The maximum Gasteiger partial charge on any atom is 0.411 e. The molecule has 0 saturated heterocycles. The Bertz CT molecular complexity index is 489. The van der Waals surface area contributed by atoms with Crippen molar-refractivity contribution in [1.29, 1.82) is 0 Å². The van der Waals surface area contributed by atoms with Gasteiger partial charge in [-0.15, -0.1) is 0 Å². The lowest BCUT2D eigenvalue weighted by molar-refractivity contribution is -0.173. The summed E-state index contributed by atoms with van der Waals surface area (Å²) in [6, 6.07) is 0. The zero-order valence-electron chi connectivity index (χ0n) is 11.1. The second-order valence-corrected chi connectivity index (χ2v) is 5.01. The van der Waals surface area contributed by atoms with E-state index in [-0.39, 0.29) is 24.8 Å². The molecule has 1 N–H and O–H groups in total. The summed E-state index contributed by atoms with van der Waals surface area (Å²) in [7, 11) is 0. The maximum absolute atomic E-state index is 11.9. The molecule has 21 heavy (non-hydrogen) atoms. The maximum atomic E-state index is 11.9. The second kappa shape index (κ2) is 6.42. The average Bonchev–Trinajstić information content (AvgIpc) is 3.02. The van der Waals surface area contributed by atoms with Gasteiger partial charge in [0.15, 0.2) is 5.82 Å². The molecule has 2 rings (SSSR count). The van der Waals surface area contributed by atoms with Gasteiger partial charge in [-0.1, -0.05) is 5.16 Å². The molecule has 1 aliphatic rings. The molecule has 0 amide bonds. The minimum atomic E-state index is -4.35. The minimum absolute atomic E-state index is 0.0940. The standard InChI is InChI=1S/C12H15F3N2O4/c13-12(14,15)6-20-4-3-9-16-10(21-17-9)7-1-2-8(5-7)11(18)19/h7-8H,1-6H2,(H,18,19). The minimum Gasteiger partial charge on any atom is -0.481 e. The molecular weight excluding hydrogens is 293 g/mol. The zero-order valence-corrected chi connectivity index (χ0v) is 11.1. The van der Waals surface area contributed by atoms with Gasteiger partial charge >= 0.3 is 12.1 Å². The molecule has 1 heterocycles. The summed E-state index contributed by atoms with van der Waals surface area (Å²) in [5.41, 5.74) is 0. The van der Waals surface area contributed by atoms with Crippen molar-refractivity contribution < 1.29 is 32.3 Å². The van der Waals surface area contributed by atoms with Gasteiger partial charge in [0.05, 0.1) is 12.5 Å². The molecule has 1 aromatic heterocycles. The number of ether oxygens (including phenoxy) is 1. The summed E-state index contributed by atoms with van der Waals surface area (Å²) in [6.45, 7) is -1.46. The molecule has 0 aromatic carbocycles. The first-order chi connectivity index (χ1) is 9.85. The van der Waals surface area contributed by atoms with Gasteiger partial charge in [-0.2, -0.15) is 18.2 Å². The number of aliphatic carboxylic acids is 1. The molecule has 1 fully saturated rings. The lowest BCUT2D eigenvalue weighted by Gasteiger charge is -2.05. The number of carbonyl (C=O) groups is 1. The van der Waals surface area contributed by atoms with Crippen molar-refractivity contribution in [2.75, 3.05) is 13.2 Å². The van der Waals surface area contributed by atoms with Gasteiger partial charge in [-0.05, 0) is 19.3 Å². The third-order valence-electron chi connectivity index (χ3n) is 3.35. The Labute approximate surface area is 118 Å². The fourth-order valence-corrected chi connectivity index (χ4v) is 2.32. The molecule has 9 heteroatoms. The molecule has 1 aliphatic carbocycles. The van der Waals surface area contributed by atoms with Gasteiger partial charge in [0, 0.05) is 12.3 Å². The Balaban J connectivity index is 1.78. The van der Waals surface area contributed by atoms with Crippen molar-refractivity contribution in [3.05, 3.63) is 11.7 Å². The van der Waals surface area contributed by atoms with Crippen LogP contribution in [0.2, 0.25) is 0 Å². The van der Waals surface area contributed by atoms with Crippen LogP contribution in [0.4, 0.5) is 13.2 Å². The van der Waals surface area contributed by atoms with E-state index in [2.05, 4.69) is 14.9 Å². The number of hydrogen-bond acceptors (Lipinski definition) is 5. The molecule has 6 nitrogen and oxygen atoms in total. The van der Waals surface area contributed by atoms with Crippen LogP contribution in [0.1, 0.15) is 36.9 Å². The van der Waals surface area contributed by atoms with E-state index in [0.717, 1.165) is 0 Å². The molecule has 0 radical (unpaired) electrons. The van der Waals surface area contributed by atoms with Gasteiger partial charge < -0.3 is 14.4 Å². The van der Waals surface area contributed by atoms with Crippen molar-refractivity contribution in [2.24, 2.45) is 5.92 Å². The number of carboxylic acids is 1. The van der Waals surface area contributed by atoms with Crippen molar-refractivity contribution in [3.8, 4) is 0 Å². The highest BCUT2D eigenvalue weighted by molar-refractivity contribution is 5.70. The third kappa shape index (κ3) is 4.69. The normalized spacial score (nSPS) is 22.6. The van der Waals surface area contributed by atoms with Crippen molar-refractivity contribution in [2.45, 2.75) is 37.8 Å². The van der Waals surface area contributed by atoms with Crippen LogP contribution in [0.25, 0.3) is 0 Å². The van der Waals surface area contributed by atoms with Gasteiger partial charge in [0.2, 0.25) is 5.89 Å². The van der Waals surface area contributed by atoms with E-state index in [9.17, 15) is 18.0 Å². The van der Waals surface area contributed by atoms with Crippen LogP contribution >= 0.6 is 0 Å². The van der Waals surface area contributed by atoms with E-state index in [1.54, 1.807) is 0 Å². The molecule has 0 aliphatic heterocycles. The molecule has 118 valence electrons. The van der Waals surface area contributed by atoms with Crippen LogP contribution in [0.15, 0.2) is 4.52 Å². The highest BCUT2D eigenvalue weighted by Crippen LogP contribution is 2.37. The van der Waals surface area contributed by atoms with Crippen LogP contribution in [0.3, 0.4) is 0 Å². The fourth-order valence-electron chi connectivity index (χ4n) is 2.32. The topological polar surface area (TPSA) is 85.5 Å². The Morgan fingerprint density at radius 2 is 2.19 bits per heavy atom. The van der Waals surface area contributed by atoms with Crippen LogP contribution in [0.5, 0.6) is 0 Å². The number of halogens is 3. The van der Waals surface area contributed by atoms with Gasteiger partial charge in [0.1, 0.15) is 6.61 Å².